The van der Waals surface area contributed by atoms with E-state index in [1.165, 1.54) is 4.67 Å². The van der Waals surface area contributed by atoms with Crippen molar-refractivity contribution in [1.29, 1.82) is 0 Å². The van der Waals surface area contributed by atoms with E-state index in [9.17, 15) is 9.46 Å². The molecule has 0 saturated heterocycles. The Labute approximate surface area is 80.5 Å². The lowest BCUT2D eigenvalue weighted by atomic mass is 10.7. The Balaban J connectivity index is 0. The van der Waals surface area contributed by atoms with Gasteiger partial charge in [-0.05, 0) is 14.1 Å². The molecular formula is C6H18ClN2O2P. The molecule has 0 rings (SSSR count). The SMILES string of the molecule is CCN(CC)P(=O)(O)N(C)C.Cl. The van der Waals surface area contributed by atoms with Gasteiger partial charge in [-0.2, -0.15) is 0 Å². The van der Waals surface area contributed by atoms with Gasteiger partial charge < -0.3 is 4.89 Å². The summed E-state index contributed by atoms with van der Waals surface area (Å²) >= 11 is 0. The Morgan fingerprint density at radius 2 is 1.58 bits per heavy atom. The van der Waals surface area contributed by atoms with Crippen molar-refractivity contribution in [2.75, 3.05) is 27.2 Å². The highest BCUT2D eigenvalue weighted by atomic mass is 35.5. The molecular weight excluding hydrogens is 199 g/mol. The minimum absolute atomic E-state index is 0. The van der Waals surface area contributed by atoms with Crippen molar-refractivity contribution in [3.63, 3.8) is 0 Å². The Bertz CT molecular complexity index is 162. The van der Waals surface area contributed by atoms with Crippen molar-refractivity contribution >= 4 is 20.1 Å². The molecule has 4 nitrogen and oxygen atoms in total. The number of hydrogen-bond acceptors (Lipinski definition) is 1. The van der Waals surface area contributed by atoms with Crippen molar-refractivity contribution in [1.82, 2.24) is 9.34 Å². The van der Waals surface area contributed by atoms with Crippen molar-refractivity contribution in [2.45, 2.75) is 13.8 Å². The molecule has 0 aliphatic rings. The van der Waals surface area contributed by atoms with E-state index >= 15 is 0 Å². The molecule has 0 aromatic heterocycles. The van der Waals surface area contributed by atoms with E-state index < -0.39 is 7.67 Å². The first-order valence-corrected chi connectivity index (χ1v) is 5.29. The molecule has 0 aromatic carbocycles. The number of nitrogens with zero attached hydrogens (tertiary/aromatic N) is 2. The van der Waals surface area contributed by atoms with Gasteiger partial charge in [0.15, 0.2) is 0 Å². The summed E-state index contributed by atoms with van der Waals surface area (Å²) in [6.07, 6.45) is 0. The highest BCUT2D eigenvalue weighted by Gasteiger charge is 2.27. The molecule has 0 bridgehead atoms. The number of hydrogen-bond donors (Lipinski definition) is 1. The van der Waals surface area contributed by atoms with Crippen LogP contribution in [0, 0.1) is 0 Å². The summed E-state index contributed by atoms with van der Waals surface area (Å²) in [6, 6.07) is 0. The standard InChI is InChI=1S/C6H17N2O2P.ClH/c1-5-8(6-2)11(9,10)7(3)4;/h5-6H2,1-4H3,(H,9,10);1H. The van der Waals surface area contributed by atoms with E-state index in [0.29, 0.717) is 13.1 Å². The second-order valence-electron chi connectivity index (χ2n) is 2.50. The molecule has 1 unspecified atom stereocenters. The van der Waals surface area contributed by atoms with Crippen molar-refractivity contribution in [3.8, 4) is 0 Å². The van der Waals surface area contributed by atoms with Crippen molar-refractivity contribution < 1.29 is 9.46 Å². The van der Waals surface area contributed by atoms with Crippen LogP contribution in [-0.4, -0.2) is 41.4 Å². The molecule has 0 spiro atoms. The molecule has 6 heteroatoms. The Hall–Kier alpha value is 0.400. The zero-order chi connectivity index (χ0) is 9.07. The molecule has 0 heterocycles. The molecule has 1 atom stereocenters. The first-order chi connectivity index (χ1) is 4.96. The van der Waals surface area contributed by atoms with Crippen molar-refractivity contribution in [3.05, 3.63) is 0 Å². The van der Waals surface area contributed by atoms with E-state index in [4.69, 9.17) is 0 Å². The van der Waals surface area contributed by atoms with E-state index in [0.717, 1.165) is 0 Å². The van der Waals surface area contributed by atoms with Gasteiger partial charge in [0.05, 0.1) is 0 Å². The molecule has 0 aliphatic heterocycles. The maximum absolute atomic E-state index is 11.5. The maximum Gasteiger partial charge on any atom is 0.342 e. The first kappa shape index (κ1) is 14.9. The summed E-state index contributed by atoms with van der Waals surface area (Å²) in [7, 11) is 0.0125. The lowest BCUT2D eigenvalue weighted by Crippen LogP contribution is -2.26. The molecule has 0 aliphatic carbocycles. The smallest absolute Gasteiger partial charge is 0.322 e. The minimum Gasteiger partial charge on any atom is -0.322 e. The van der Waals surface area contributed by atoms with Gasteiger partial charge >= 0.3 is 7.67 Å². The predicted molar refractivity (Wildman–Crippen MR) is 53.7 cm³/mol. The fraction of sp³-hybridized carbons (Fsp3) is 1.00. The average molecular weight is 217 g/mol. The highest BCUT2D eigenvalue weighted by Crippen LogP contribution is 2.46. The third-order valence-electron chi connectivity index (χ3n) is 1.62. The second kappa shape index (κ2) is 5.95. The van der Waals surface area contributed by atoms with Gasteiger partial charge in [-0.15, -0.1) is 12.4 Å². The zero-order valence-electron chi connectivity index (χ0n) is 8.02. The van der Waals surface area contributed by atoms with Gasteiger partial charge in [0.25, 0.3) is 0 Å². The Morgan fingerprint density at radius 3 is 1.67 bits per heavy atom. The van der Waals surface area contributed by atoms with Gasteiger partial charge in [0.1, 0.15) is 0 Å². The third kappa shape index (κ3) is 3.42. The minimum atomic E-state index is -3.21. The molecule has 1 N–H and O–H groups in total. The van der Waals surface area contributed by atoms with Crippen LogP contribution in [0.3, 0.4) is 0 Å². The lowest BCUT2D eigenvalue weighted by Gasteiger charge is -2.28. The van der Waals surface area contributed by atoms with E-state index in [1.54, 1.807) is 18.8 Å². The normalized spacial score (nSPS) is 15.9. The molecule has 76 valence electrons. The molecule has 0 amide bonds. The van der Waals surface area contributed by atoms with Crippen LogP contribution in [0.4, 0.5) is 0 Å². The highest BCUT2D eigenvalue weighted by molar-refractivity contribution is 7.52. The number of halogens is 1. The number of rotatable bonds is 4. The quantitative estimate of drug-likeness (QED) is 0.722. The van der Waals surface area contributed by atoms with E-state index in [-0.39, 0.29) is 12.4 Å². The van der Waals surface area contributed by atoms with Crippen LogP contribution < -0.4 is 0 Å². The van der Waals surface area contributed by atoms with Gasteiger partial charge in [-0.1, -0.05) is 13.8 Å². The summed E-state index contributed by atoms with van der Waals surface area (Å²) in [5.74, 6) is 0. The fourth-order valence-electron chi connectivity index (χ4n) is 0.845. The summed E-state index contributed by atoms with van der Waals surface area (Å²) in [5, 5.41) is 0. The largest absolute Gasteiger partial charge is 0.342 e. The van der Waals surface area contributed by atoms with Gasteiger partial charge in [-0.25, -0.2) is 9.34 Å². The van der Waals surface area contributed by atoms with Crippen LogP contribution >= 0.6 is 20.1 Å². The monoisotopic (exact) mass is 216 g/mol. The van der Waals surface area contributed by atoms with Crippen LogP contribution in [0.1, 0.15) is 13.8 Å². The van der Waals surface area contributed by atoms with Crippen molar-refractivity contribution in [2.24, 2.45) is 0 Å². The summed E-state index contributed by atoms with van der Waals surface area (Å²) < 4.78 is 14.4. The lowest BCUT2D eigenvalue weighted by molar-refractivity contribution is 0.312. The summed E-state index contributed by atoms with van der Waals surface area (Å²) in [5.41, 5.74) is 0. The summed E-state index contributed by atoms with van der Waals surface area (Å²) in [6.45, 7) is 4.94. The summed E-state index contributed by atoms with van der Waals surface area (Å²) in [4.78, 5) is 9.46. The topological polar surface area (TPSA) is 43.8 Å². The zero-order valence-corrected chi connectivity index (χ0v) is 9.73. The van der Waals surface area contributed by atoms with Gasteiger partial charge in [0.2, 0.25) is 0 Å². The first-order valence-electron chi connectivity index (χ1n) is 3.72. The molecule has 0 radical (unpaired) electrons. The van der Waals surface area contributed by atoms with Crippen LogP contribution in [0.2, 0.25) is 0 Å². The second-order valence-corrected chi connectivity index (χ2v) is 4.89. The van der Waals surface area contributed by atoms with Gasteiger partial charge in [-0.3, -0.25) is 4.57 Å². The van der Waals surface area contributed by atoms with Crippen LogP contribution in [-0.2, 0) is 4.57 Å². The van der Waals surface area contributed by atoms with Crippen LogP contribution in [0.15, 0.2) is 0 Å². The molecule has 0 fully saturated rings. The maximum atomic E-state index is 11.5. The predicted octanol–water partition coefficient (Wildman–Crippen LogP) is 1.41. The fourth-order valence-corrected chi connectivity index (χ4v) is 2.09. The van der Waals surface area contributed by atoms with E-state index in [2.05, 4.69) is 0 Å². The molecule has 0 aromatic rings. The Morgan fingerprint density at radius 1 is 1.25 bits per heavy atom. The average Bonchev–Trinajstić information content (AvgIpc) is 1.89. The van der Waals surface area contributed by atoms with Crippen LogP contribution in [0.25, 0.3) is 0 Å². The molecule has 12 heavy (non-hydrogen) atoms. The third-order valence-corrected chi connectivity index (χ3v) is 3.96. The van der Waals surface area contributed by atoms with Gasteiger partial charge in [0, 0.05) is 13.1 Å². The Kier molecular flexibility index (Phi) is 7.38. The van der Waals surface area contributed by atoms with Crippen LogP contribution in [0.5, 0.6) is 0 Å². The molecule has 0 saturated carbocycles. The van der Waals surface area contributed by atoms with E-state index in [1.807, 2.05) is 13.8 Å².